The number of hydrogen-bond donors (Lipinski definition) is 1. The molecule has 8 nitrogen and oxygen atoms in total. The monoisotopic (exact) mass is 462 g/mol. The van der Waals surface area contributed by atoms with Crippen molar-refractivity contribution in [1.82, 2.24) is 4.90 Å². The highest BCUT2D eigenvalue weighted by Crippen LogP contribution is 2.35. The van der Waals surface area contributed by atoms with Gasteiger partial charge >= 0.3 is 0 Å². The molecule has 31 heavy (non-hydrogen) atoms. The molecule has 1 N–H and O–H groups in total. The second kappa shape index (κ2) is 9.99. The van der Waals surface area contributed by atoms with Gasteiger partial charge in [-0.25, -0.2) is 0 Å². The maximum atomic E-state index is 13.0. The minimum Gasteiger partial charge on any atom is -0.504 e. The quantitative estimate of drug-likeness (QED) is 0.475. The average molecular weight is 463 g/mol. The third-order valence-electron chi connectivity index (χ3n) is 4.36. The molecule has 3 rings (SSSR count). The Hall–Kier alpha value is -2.82. The molecule has 0 radical (unpaired) electrons. The molecule has 0 aliphatic carbocycles. The lowest BCUT2D eigenvalue weighted by Gasteiger charge is -2.15. The predicted molar refractivity (Wildman–Crippen MR) is 119 cm³/mol. The van der Waals surface area contributed by atoms with E-state index in [2.05, 4.69) is 4.40 Å². The number of phenolic OH excluding ortho intramolecular Hbond substituents is 1. The number of sulfonamides is 1. The number of phenols is 1. The predicted octanol–water partition coefficient (Wildman–Crippen LogP) is 3.10. The molecule has 1 heterocycles. The summed E-state index contributed by atoms with van der Waals surface area (Å²) in [6.45, 7) is 0.681. The van der Waals surface area contributed by atoms with Gasteiger partial charge in [0.05, 0.1) is 16.9 Å². The van der Waals surface area contributed by atoms with Crippen molar-refractivity contribution < 1.29 is 27.8 Å². The zero-order chi connectivity index (χ0) is 22.4. The summed E-state index contributed by atoms with van der Waals surface area (Å²) in [7, 11) is -0.998. The third kappa shape index (κ3) is 5.46. The number of nitrogens with zero attached hydrogens (tertiary/aromatic N) is 2. The van der Waals surface area contributed by atoms with E-state index in [0.717, 1.165) is 11.8 Å². The van der Waals surface area contributed by atoms with Crippen LogP contribution in [-0.4, -0.2) is 56.9 Å². The summed E-state index contributed by atoms with van der Waals surface area (Å²) < 4.78 is 39.5. The fraction of sp³-hybridized carbons (Fsp3) is 0.238. The number of ether oxygens (including phenoxy) is 2. The number of thioether (sulfide) groups is 1. The van der Waals surface area contributed by atoms with Crippen molar-refractivity contribution in [3.8, 4) is 11.5 Å². The van der Waals surface area contributed by atoms with Gasteiger partial charge in [-0.15, -0.1) is 4.40 Å². The van der Waals surface area contributed by atoms with Crippen LogP contribution < -0.4 is 4.74 Å². The first-order chi connectivity index (χ1) is 14.9. The van der Waals surface area contributed by atoms with Crippen molar-refractivity contribution in [2.45, 2.75) is 11.3 Å². The van der Waals surface area contributed by atoms with E-state index in [1.807, 2.05) is 0 Å². The van der Waals surface area contributed by atoms with Crippen molar-refractivity contribution in [2.75, 3.05) is 27.4 Å². The molecule has 0 atom stereocenters. The van der Waals surface area contributed by atoms with Gasteiger partial charge in [0.25, 0.3) is 15.9 Å². The van der Waals surface area contributed by atoms with Crippen LogP contribution in [0.1, 0.15) is 12.0 Å². The van der Waals surface area contributed by atoms with Crippen LogP contribution in [0.3, 0.4) is 0 Å². The van der Waals surface area contributed by atoms with E-state index in [1.54, 1.807) is 43.5 Å². The lowest BCUT2D eigenvalue weighted by Crippen LogP contribution is -2.31. The summed E-state index contributed by atoms with van der Waals surface area (Å²) in [6, 6.07) is 12.5. The maximum absolute atomic E-state index is 13.0. The molecule has 1 amide bonds. The van der Waals surface area contributed by atoms with Gasteiger partial charge < -0.3 is 14.6 Å². The Morgan fingerprint density at radius 1 is 1.16 bits per heavy atom. The summed E-state index contributed by atoms with van der Waals surface area (Å²) in [6.07, 6.45) is 2.13. The van der Waals surface area contributed by atoms with Crippen LogP contribution in [0, 0.1) is 0 Å². The first-order valence-electron chi connectivity index (χ1n) is 9.33. The number of amidine groups is 1. The summed E-state index contributed by atoms with van der Waals surface area (Å²) in [5, 5.41) is 9.85. The Morgan fingerprint density at radius 2 is 1.90 bits per heavy atom. The molecule has 2 aromatic rings. The summed E-state index contributed by atoms with van der Waals surface area (Å²) in [5.41, 5.74) is 0.620. The standard InChI is InChI=1S/C21H22N2O6S2/c1-28-12-6-11-23-20(25)19(14-15-9-10-17(24)18(13-15)29-2)30-21(23)22-31(26,27)16-7-4-3-5-8-16/h3-5,7-10,13-14,24H,6,11-12H2,1-2H3. The number of hydrogen-bond acceptors (Lipinski definition) is 7. The van der Waals surface area contributed by atoms with Crippen LogP contribution in [0.25, 0.3) is 6.08 Å². The molecular weight excluding hydrogens is 440 g/mol. The smallest absolute Gasteiger partial charge is 0.284 e. The first kappa shape index (κ1) is 22.9. The Kier molecular flexibility index (Phi) is 7.37. The Morgan fingerprint density at radius 3 is 2.58 bits per heavy atom. The molecule has 164 valence electrons. The van der Waals surface area contributed by atoms with Crippen LogP contribution in [0.2, 0.25) is 0 Å². The zero-order valence-corrected chi connectivity index (χ0v) is 18.6. The van der Waals surface area contributed by atoms with Crippen molar-refractivity contribution in [3.63, 3.8) is 0 Å². The number of methoxy groups -OCH3 is 2. The van der Waals surface area contributed by atoms with Crippen LogP contribution >= 0.6 is 11.8 Å². The van der Waals surface area contributed by atoms with E-state index in [4.69, 9.17) is 9.47 Å². The van der Waals surface area contributed by atoms with Gasteiger partial charge in [0.1, 0.15) is 0 Å². The van der Waals surface area contributed by atoms with Crippen molar-refractivity contribution in [2.24, 2.45) is 4.40 Å². The van der Waals surface area contributed by atoms with Crippen molar-refractivity contribution in [3.05, 3.63) is 59.0 Å². The van der Waals surface area contributed by atoms with Gasteiger partial charge in [0, 0.05) is 20.3 Å². The molecule has 10 heteroatoms. The highest BCUT2D eigenvalue weighted by Gasteiger charge is 2.34. The van der Waals surface area contributed by atoms with E-state index in [1.165, 1.54) is 30.2 Å². The molecule has 0 unspecified atom stereocenters. The van der Waals surface area contributed by atoms with Gasteiger partial charge in [-0.2, -0.15) is 8.42 Å². The fourth-order valence-corrected chi connectivity index (χ4v) is 5.05. The SMILES string of the molecule is COCCCN1C(=O)C(=Cc2ccc(O)c(OC)c2)SC1=NS(=O)(=O)c1ccccc1. The van der Waals surface area contributed by atoms with Gasteiger partial charge in [-0.3, -0.25) is 9.69 Å². The van der Waals surface area contributed by atoms with Gasteiger partial charge in [0.15, 0.2) is 16.7 Å². The van der Waals surface area contributed by atoms with Gasteiger partial charge in [-0.05, 0) is 54.1 Å². The topological polar surface area (TPSA) is 106 Å². The second-order valence-electron chi connectivity index (χ2n) is 6.51. The fourth-order valence-electron chi connectivity index (χ4n) is 2.82. The van der Waals surface area contributed by atoms with Crippen LogP contribution in [0.5, 0.6) is 11.5 Å². The molecule has 2 aromatic carbocycles. The minimum absolute atomic E-state index is 0.0209. The summed E-state index contributed by atoms with van der Waals surface area (Å²) in [5.74, 6) is -0.107. The average Bonchev–Trinajstić information content (AvgIpc) is 3.04. The molecule has 0 saturated carbocycles. The van der Waals surface area contributed by atoms with E-state index in [9.17, 15) is 18.3 Å². The van der Waals surface area contributed by atoms with Crippen molar-refractivity contribution >= 4 is 38.9 Å². The Balaban J connectivity index is 1.97. The van der Waals surface area contributed by atoms with Crippen LogP contribution in [-0.2, 0) is 19.6 Å². The molecule has 0 spiro atoms. The molecule has 1 saturated heterocycles. The molecule has 0 bridgehead atoms. The van der Waals surface area contributed by atoms with Crippen molar-refractivity contribution in [1.29, 1.82) is 0 Å². The molecular formula is C21H22N2O6S2. The lowest BCUT2D eigenvalue weighted by molar-refractivity contribution is -0.122. The van der Waals surface area contributed by atoms with Gasteiger partial charge in [-0.1, -0.05) is 24.3 Å². The van der Waals surface area contributed by atoms with Gasteiger partial charge in [0.2, 0.25) is 0 Å². The Bertz CT molecular complexity index is 1110. The largest absolute Gasteiger partial charge is 0.504 e. The molecule has 0 aromatic heterocycles. The zero-order valence-electron chi connectivity index (χ0n) is 17.0. The van der Waals surface area contributed by atoms with E-state index >= 15 is 0 Å². The number of benzene rings is 2. The maximum Gasteiger partial charge on any atom is 0.284 e. The van der Waals surface area contributed by atoms with E-state index < -0.39 is 10.0 Å². The highest BCUT2D eigenvalue weighted by molar-refractivity contribution is 8.19. The second-order valence-corrected chi connectivity index (χ2v) is 9.12. The number of aromatic hydroxyl groups is 1. The van der Waals surface area contributed by atoms with Crippen LogP contribution in [0.4, 0.5) is 0 Å². The number of amides is 1. The Labute approximate surface area is 185 Å². The molecule has 1 aliphatic heterocycles. The third-order valence-corrected chi connectivity index (χ3v) is 6.76. The highest BCUT2D eigenvalue weighted by atomic mass is 32.2. The van der Waals surface area contributed by atoms with E-state index in [-0.39, 0.29) is 34.0 Å². The number of rotatable bonds is 8. The van der Waals surface area contributed by atoms with E-state index in [0.29, 0.717) is 23.5 Å². The number of carbonyl (C=O) groups excluding carboxylic acids is 1. The lowest BCUT2D eigenvalue weighted by atomic mass is 10.2. The first-order valence-corrected chi connectivity index (χ1v) is 11.6. The molecule has 1 fully saturated rings. The summed E-state index contributed by atoms with van der Waals surface area (Å²) in [4.78, 5) is 14.7. The number of carbonyl (C=O) groups is 1. The normalized spacial score (nSPS) is 17.0. The van der Waals surface area contributed by atoms with Crippen LogP contribution in [0.15, 0.2) is 62.7 Å². The summed E-state index contributed by atoms with van der Waals surface area (Å²) >= 11 is 0.983. The molecule has 1 aliphatic rings. The minimum atomic E-state index is -3.98.